The molecular weight excluding hydrogens is 509 g/mol. The number of amides is 1. The molecule has 2 aliphatic rings. The molecule has 0 N–H and O–H groups in total. The molecule has 0 bridgehead atoms. The van der Waals surface area contributed by atoms with Gasteiger partial charge in [-0.3, -0.25) is 4.79 Å². The Morgan fingerprint density at radius 2 is 1.69 bits per heavy atom. The highest BCUT2D eigenvalue weighted by molar-refractivity contribution is 7.89. The molecule has 0 spiro atoms. The van der Waals surface area contributed by atoms with Crippen LogP contribution in [-0.2, 0) is 19.6 Å². The third-order valence-electron chi connectivity index (χ3n) is 6.83. The maximum Gasteiger partial charge on any atom is 0.248 e. The van der Waals surface area contributed by atoms with Crippen LogP contribution in [0.2, 0.25) is 10.0 Å². The maximum absolute atomic E-state index is 13.2. The number of anilines is 1. The zero-order chi connectivity index (χ0) is 25.2. The molecule has 2 aliphatic heterocycles. The van der Waals surface area contributed by atoms with Crippen LogP contribution in [0.4, 0.5) is 5.69 Å². The molecule has 2 fully saturated rings. The Bertz CT molecular complexity index is 1160. The van der Waals surface area contributed by atoms with Crippen molar-refractivity contribution < 1.29 is 17.9 Å². The summed E-state index contributed by atoms with van der Waals surface area (Å²) in [6, 6.07) is 10.7. The minimum Gasteiger partial charge on any atom is -0.370 e. The molecule has 1 unspecified atom stereocenters. The van der Waals surface area contributed by atoms with Gasteiger partial charge in [0.2, 0.25) is 15.9 Å². The van der Waals surface area contributed by atoms with E-state index in [1.807, 2.05) is 4.90 Å². The first kappa shape index (κ1) is 26.2. The molecule has 4 rings (SSSR count). The smallest absolute Gasteiger partial charge is 0.248 e. The van der Waals surface area contributed by atoms with Crippen molar-refractivity contribution in [1.82, 2.24) is 9.21 Å². The number of piperazine rings is 1. The van der Waals surface area contributed by atoms with Crippen molar-refractivity contribution in [2.24, 2.45) is 0 Å². The number of rotatable bonds is 7. The molecule has 35 heavy (non-hydrogen) atoms. The van der Waals surface area contributed by atoms with Gasteiger partial charge in [0, 0.05) is 44.5 Å². The fourth-order valence-corrected chi connectivity index (χ4v) is 7.42. The zero-order valence-electron chi connectivity index (χ0n) is 20.0. The van der Waals surface area contributed by atoms with Gasteiger partial charge in [0.1, 0.15) is 11.5 Å². The third-order valence-corrected chi connectivity index (χ3v) is 9.74. The van der Waals surface area contributed by atoms with Gasteiger partial charge >= 0.3 is 0 Å². The summed E-state index contributed by atoms with van der Waals surface area (Å²) in [4.78, 5) is 16.7. The van der Waals surface area contributed by atoms with Crippen LogP contribution < -0.4 is 4.90 Å². The molecule has 2 aromatic carbocycles. The van der Waals surface area contributed by atoms with Crippen LogP contribution in [0.5, 0.6) is 0 Å². The first-order chi connectivity index (χ1) is 16.7. The quantitative estimate of drug-likeness (QED) is 0.529. The minimum atomic E-state index is -3.87. The van der Waals surface area contributed by atoms with E-state index < -0.39 is 10.0 Å². The summed E-state index contributed by atoms with van der Waals surface area (Å²) < 4.78 is 33.6. The van der Waals surface area contributed by atoms with Crippen molar-refractivity contribution in [3.63, 3.8) is 0 Å². The van der Waals surface area contributed by atoms with Crippen molar-refractivity contribution in [2.45, 2.75) is 37.6 Å². The lowest BCUT2D eigenvalue weighted by Gasteiger charge is -2.36. The summed E-state index contributed by atoms with van der Waals surface area (Å²) >= 11 is 12.3. The Morgan fingerprint density at radius 3 is 2.34 bits per heavy atom. The number of hydrogen-bond donors (Lipinski definition) is 0. The SMILES string of the molecule is Cc1ccc(N2CCN(C(=O)COCC3CCCN3S(=O)(=O)c3c(Cl)cccc3Cl)CC2)cc1C. The average molecular weight is 541 g/mol. The van der Waals surface area contributed by atoms with Crippen LogP contribution in [0.15, 0.2) is 41.3 Å². The lowest BCUT2D eigenvalue weighted by Crippen LogP contribution is -2.50. The van der Waals surface area contributed by atoms with Crippen molar-refractivity contribution in [1.29, 1.82) is 0 Å². The monoisotopic (exact) mass is 539 g/mol. The summed E-state index contributed by atoms with van der Waals surface area (Å²) in [5.41, 5.74) is 3.70. The highest BCUT2D eigenvalue weighted by Gasteiger charge is 2.37. The molecule has 0 saturated carbocycles. The number of ether oxygens (including phenoxy) is 1. The van der Waals surface area contributed by atoms with Gasteiger partial charge in [-0.05, 0) is 62.1 Å². The van der Waals surface area contributed by atoms with Gasteiger partial charge in [0.25, 0.3) is 0 Å². The molecule has 2 saturated heterocycles. The second-order valence-corrected chi connectivity index (χ2v) is 11.8. The molecule has 10 heteroatoms. The van der Waals surface area contributed by atoms with Gasteiger partial charge in [-0.1, -0.05) is 35.3 Å². The lowest BCUT2D eigenvalue weighted by molar-refractivity contribution is -0.136. The van der Waals surface area contributed by atoms with Crippen molar-refractivity contribution in [2.75, 3.05) is 50.8 Å². The van der Waals surface area contributed by atoms with Gasteiger partial charge in [0.15, 0.2) is 0 Å². The van der Waals surface area contributed by atoms with Crippen LogP contribution >= 0.6 is 23.2 Å². The number of sulfonamides is 1. The van der Waals surface area contributed by atoms with Crippen LogP contribution in [0.25, 0.3) is 0 Å². The second kappa shape index (κ2) is 11.0. The van der Waals surface area contributed by atoms with Crippen LogP contribution in [0, 0.1) is 13.8 Å². The normalized spacial score (nSPS) is 19.4. The molecule has 1 amide bonds. The summed E-state index contributed by atoms with van der Waals surface area (Å²) in [7, 11) is -3.87. The second-order valence-electron chi connectivity index (χ2n) is 9.11. The number of halogens is 2. The third kappa shape index (κ3) is 5.78. The molecule has 1 atom stereocenters. The highest BCUT2D eigenvalue weighted by Crippen LogP contribution is 2.34. The Hall–Kier alpha value is -1.84. The van der Waals surface area contributed by atoms with E-state index in [0.717, 1.165) is 13.1 Å². The van der Waals surface area contributed by atoms with Gasteiger partial charge in [-0.2, -0.15) is 4.31 Å². The fourth-order valence-electron chi connectivity index (χ4n) is 4.65. The zero-order valence-corrected chi connectivity index (χ0v) is 22.4. The molecule has 190 valence electrons. The van der Waals surface area contributed by atoms with E-state index >= 15 is 0 Å². The van der Waals surface area contributed by atoms with E-state index in [1.165, 1.54) is 33.3 Å². The minimum absolute atomic E-state index is 0.0686. The fraction of sp³-hybridized carbons (Fsp3) is 0.480. The van der Waals surface area contributed by atoms with E-state index in [0.29, 0.717) is 32.5 Å². The number of hydrogen-bond acceptors (Lipinski definition) is 5. The summed E-state index contributed by atoms with van der Waals surface area (Å²) in [6.07, 6.45) is 1.37. The first-order valence-corrected chi connectivity index (χ1v) is 14.0. The number of carbonyl (C=O) groups excluding carboxylic acids is 1. The Morgan fingerprint density at radius 1 is 1.00 bits per heavy atom. The van der Waals surface area contributed by atoms with E-state index in [-0.39, 0.29) is 40.1 Å². The average Bonchev–Trinajstić information content (AvgIpc) is 3.30. The summed E-state index contributed by atoms with van der Waals surface area (Å²) in [5.74, 6) is -0.0775. The Kier molecular flexibility index (Phi) is 8.28. The van der Waals surface area contributed by atoms with Gasteiger partial charge in [0.05, 0.1) is 16.7 Å². The highest BCUT2D eigenvalue weighted by atomic mass is 35.5. The van der Waals surface area contributed by atoms with Gasteiger partial charge in [-0.15, -0.1) is 0 Å². The standard InChI is InChI=1S/C25H31Cl2N3O4S/c1-18-8-9-20(15-19(18)2)28-11-13-29(14-12-28)24(31)17-34-16-21-5-4-10-30(21)35(32,33)25-22(26)6-3-7-23(25)27/h3,6-9,15,21H,4-5,10-14,16-17H2,1-2H3. The molecule has 0 aliphatic carbocycles. The van der Waals surface area contributed by atoms with Crippen LogP contribution in [-0.4, -0.2) is 75.5 Å². The van der Waals surface area contributed by atoms with Crippen LogP contribution in [0.3, 0.4) is 0 Å². The molecule has 7 nitrogen and oxygen atoms in total. The number of nitrogens with zero attached hydrogens (tertiary/aromatic N) is 3. The van der Waals surface area contributed by atoms with E-state index in [9.17, 15) is 13.2 Å². The van der Waals surface area contributed by atoms with Crippen molar-refractivity contribution >= 4 is 44.8 Å². The first-order valence-electron chi connectivity index (χ1n) is 11.8. The Balaban J connectivity index is 1.29. The van der Waals surface area contributed by atoms with Gasteiger partial charge in [-0.25, -0.2) is 8.42 Å². The molecule has 2 heterocycles. The number of aryl methyl sites for hydroxylation is 2. The summed E-state index contributed by atoms with van der Waals surface area (Å²) in [5, 5.41) is 0.193. The topological polar surface area (TPSA) is 70.2 Å². The number of benzene rings is 2. The van der Waals surface area contributed by atoms with E-state index in [4.69, 9.17) is 27.9 Å². The number of carbonyl (C=O) groups is 1. The molecule has 0 aromatic heterocycles. The van der Waals surface area contributed by atoms with Crippen LogP contribution in [0.1, 0.15) is 24.0 Å². The maximum atomic E-state index is 13.2. The largest absolute Gasteiger partial charge is 0.370 e. The molecular formula is C25H31Cl2N3O4S. The van der Waals surface area contributed by atoms with E-state index in [1.54, 1.807) is 6.07 Å². The van der Waals surface area contributed by atoms with E-state index in [2.05, 4.69) is 36.9 Å². The molecule has 2 aromatic rings. The summed E-state index contributed by atoms with van der Waals surface area (Å²) in [6.45, 7) is 7.44. The predicted octanol–water partition coefficient (Wildman–Crippen LogP) is 4.13. The van der Waals surface area contributed by atoms with Crippen molar-refractivity contribution in [3.8, 4) is 0 Å². The van der Waals surface area contributed by atoms with Crippen molar-refractivity contribution in [3.05, 3.63) is 57.6 Å². The predicted molar refractivity (Wildman–Crippen MR) is 139 cm³/mol. The lowest BCUT2D eigenvalue weighted by atomic mass is 10.1. The molecule has 0 radical (unpaired) electrons. The van der Waals surface area contributed by atoms with Gasteiger partial charge < -0.3 is 14.5 Å². The Labute approximate surface area is 217 Å².